The van der Waals surface area contributed by atoms with Crippen molar-refractivity contribution in [3.05, 3.63) is 102 Å². The van der Waals surface area contributed by atoms with E-state index in [1.807, 2.05) is 4.90 Å². The van der Waals surface area contributed by atoms with Crippen LogP contribution in [0.3, 0.4) is 0 Å². The molecule has 1 saturated heterocycles. The molecule has 0 saturated carbocycles. The minimum atomic E-state index is -4.45. The Kier molecular flexibility index (Phi) is 7.37. The number of aromatic nitrogens is 2. The van der Waals surface area contributed by atoms with E-state index in [0.717, 1.165) is 17.6 Å². The van der Waals surface area contributed by atoms with Gasteiger partial charge in [0.15, 0.2) is 9.84 Å². The molecule has 2 aromatic heterocycles. The molecule has 0 atom stereocenters. The van der Waals surface area contributed by atoms with Gasteiger partial charge in [0.2, 0.25) is 0 Å². The summed E-state index contributed by atoms with van der Waals surface area (Å²) in [6.07, 6.45) is -0.531. The molecule has 0 aliphatic carbocycles. The van der Waals surface area contributed by atoms with E-state index >= 15 is 0 Å². The lowest BCUT2D eigenvalue weighted by atomic mass is 10.1. The van der Waals surface area contributed by atoms with E-state index in [4.69, 9.17) is 0 Å². The molecule has 0 unspecified atom stereocenters. The van der Waals surface area contributed by atoms with Crippen LogP contribution in [0.1, 0.15) is 27.0 Å². The lowest BCUT2D eigenvalue weighted by Gasteiger charge is -2.35. The lowest BCUT2D eigenvalue weighted by Crippen LogP contribution is -2.48. The van der Waals surface area contributed by atoms with Crippen molar-refractivity contribution in [3.8, 4) is 0 Å². The van der Waals surface area contributed by atoms with E-state index in [9.17, 15) is 26.4 Å². The molecule has 5 rings (SSSR count). The molecule has 1 amide bonds. The van der Waals surface area contributed by atoms with E-state index < -0.39 is 21.6 Å². The normalized spacial score (nSPS) is 15.0. The summed E-state index contributed by atoms with van der Waals surface area (Å²) in [5, 5.41) is 0.737. The summed E-state index contributed by atoms with van der Waals surface area (Å²) in [5.74, 6) is -0.441. The SMILES string of the molecule is O=C(c1ccc(CS(=O)(=O)c2cccc3cccnc23)cc1)N1CCN(Cc2cnccc2C(F)(F)F)CC1. The maximum absolute atomic E-state index is 13.3. The molecule has 39 heavy (non-hydrogen) atoms. The number of sulfone groups is 1. The maximum Gasteiger partial charge on any atom is 0.416 e. The number of halogens is 3. The molecule has 0 radical (unpaired) electrons. The molecule has 0 bridgehead atoms. The number of rotatable bonds is 6. The summed E-state index contributed by atoms with van der Waals surface area (Å²) >= 11 is 0. The summed E-state index contributed by atoms with van der Waals surface area (Å²) in [7, 11) is -3.68. The van der Waals surface area contributed by atoms with Gasteiger partial charge in [-0.25, -0.2) is 8.42 Å². The number of piperazine rings is 1. The third-order valence-electron chi connectivity index (χ3n) is 6.75. The van der Waals surface area contributed by atoms with Crippen LogP contribution in [-0.2, 0) is 28.3 Å². The first-order valence-electron chi connectivity index (χ1n) is 12.3. The molecule has 11 heteroatoms. The molecular formula is C28H25F3N4O3S. The third-order valence-corrected chi connectivity index (χ3v) is 8.46. The number of fused-ring (bicyclic) bond motifs is 1. The zero-order valence-corrected chi connectivity index (χ0v) is 21.6. The van der Waals surface area contributed by atoms with Crippen molar-refractivity contribution in [1.82, 2.24) is 19.8 Å². The number of alkyl halides is 3. The van der Waals surface area contributed by atoms with Crippen molar-refractivity contribution in [3.63, 3.8) is 0 Å². The van der Waals surface area contributed by atoms with E-state index in [1.165, 1.54) is 6.20 Å². The van der Waals surface area contributed by atoms with E-state index in [-0.39, 0.29) is 28.7 Å². The van der Waals surface area contributed by atoms with Gasteiger partial charge in [0.1, 0.15) is 0 Å². The van der Waals surface area contributed by atoms with Crippen LogP contribution >= 0.6 is 0 Å². The zero-order valence-electron chi connectivity index (χ0n) is 20.8. The van der Waals surface area contributed by atoms with Gasteiger partial charge < -0.3 is 4.90 Å². The Morgan fingerprint density at radius 3 is 2.33 bits per heavy atom. The zero-order chi connectivity index (χ0) is 27.6. The van der Waals surface area contributed by atoms with Crippen LogP contribution in [0.5, 0.6) is 0 Å². The van der Waals surface area contributed by atoms with Gasteiger partial charge in [-0.05, 0) is 41.5 Å². The Balaban J connectivity index is 1.21. The second-order valence-corrected chi connectivity index (χ2v) is 11.3. The highest BCUT2D eigenvalue weighted by atomic mass is 32.2. The van der Waals surface area contributed by atoms with Crippen LogP contribution in [0, 0.1) is 0 Å². The minimum Gasteiger partial charge on any atom is -0.336 e. The summed E-state index contributed by atoms with van der Waals surface area (Å²) in [5.41, 5.74) is 0.790. The van der Waals surface area contributed by atoms with Crippen LogP contribution in [0.4, 0.5) is 13.2 Å². The second-order valence-electron chi connectivity index (χ2n) is 9.39. The third kappa shape index (κ3) is 5.94. The second kappa shape index (κ2) is 10.7. The summed E-state index contributed by atoms with van der Waals surface area (Å²) in [4.78, 5) is 24.8. The molecular weight excluding hydrogens is 529 g/mol. The molecule has 1 fully saturated rings. The average Bonchev–Trinajstić information content (AvgIpc) is 2.93. The molecule has 3 heterocycles. The van der Waals surface area contributed by atoms with Crippen molar-refractivity contribution in [2.75, 3.05) is 26.2 Å². The van der Waals surface area contributed by atoms with Gasteiger partial charge in [0, 0.05) is 62.3 Å². The number of benzene rings is 2. The first-order valence-corrected chi connectivity index (χ1v) is 13.9. The number of amides is 1. The van der Waals surface area contributed by atoms with E-state index in [1.54, 1.807) is 65.7 Å². The number of pyridine rings is 2. The molecule has 1 aliphatic heterocycles. The molecule has 7 nitrogen and oxygen atoms in total. The van der Waals surface area contributed by atoms with Gasteiger partial charge in [-0.15, -0.1) is 0 Å². The Morgan fingerprint density at radius 2 is 1.62 bits per heavy atom. The number of nitrogens with zero attached hydrogens (tertiary/aromatic N) is 4. The number of para-hydroxylation sites is 1. The fourth-order valence-corrected chi connectivity index (χ4v) is 6.27. The predicted molar refractivity (Wildman–Crippen MR) is 139 cm³/mol. The van der Waals surface area contributed by atoms with Crippen molar-refractivity contribution < 1.29 is 26.4 Å². The number of hydrogen-bond acceptors (Lipinski definition) is 6. The maximum atomic E-state index is 13.3. The highest BCUT2D eigenvalue weighted by molar-refractivity contribution is 7.90. The van der Waals surface area contributed by atoms with E-state index in [2.05, 4.69) is 9.97 Å². The van der Waals surface area contributed by atoms with Crippen molar-refractivity contribution in [2.45, 2.75) is 23.4 Å². The summed E-state index contributed by atoms with van der Waals surface area (Å²) < 4.78 is 66.1. The van der Waals surface area contributed by atoms with Gasteiger partial charge in [-0.3, -0.25) is 19.7 Å². The monoisotopic (exact) mass is 554 g/mol. The van der Waals surface area contributed by atoms with Crippen LogP contribution in [0.15, 0.2) is 84.1 Å². The van der Waals surface area contributed by atoms with Crippen molar-refractivity contribution in [1.29, 1.82) is 0 Å². The van der Waals surface area contributed by atoms with Gasteiger partial charge in [-0.1, -0.05) is 30.3 Å². The number of carbonyl (C=O) groups is 1. The highest BCUT2D eigenvalue weighted by Crippen LogP contribution is 2.32. The molecule has 4 aromatic rings. The molecule has 202 valence electrons. The van der Waals surface area contributed by atoms with Crippen molar-refractivity contribution in [2.24, 2.45) is 0 Å². The van der Waals surface area contributed by atoms with Gasteiger partial charge >= 0.3 is 6.18 Å². The summed E-state index contributed by atoms with van der Waals surface area (Å²) in [6.45, 7) is 1.68. The first-order chi connectivity index (χ1) is 18.6. The minimum absolute atomic E-state index is 0.0973. The molecule has 2 aromatic carbocycles. The fraction of sp³-hybridized carbons (Fsp3) is 0.250. The standard InChI is InChI=1S/C28H25F3N4O3S/c29-28(30,31)24-10-12-32-17-23(24)18-34-13-15-35(16-14-34)27(36)22-8-6-20(7-9-22)19-39(37,38)25-5-1-3-21-4-2-11-33-26(21)25/h1-12,17H,13-16,18-19H2. The lowest BCUT2D eigenvalue weighted by molar-refractivity contribution is -0.138. The largest absolute Gasteiger partial charge is 0.416 e. The van der Waals surface area contributed by atoms with Crippen LogP contribution in [-0.4, -0.2) is 60.3 Å². The average molecular weight is 555 g/mol. The number of hydrogen-bond donors (Lipinski definition) is 0. The number of carbonyl (C=O) groups excluding carboxylic acids is 1. The van der Waals surface area contributed by atoms with Crippen LogP contribution < -0.4 is 0 Å². The smallest absolute Gasteiger partial charge is 0.336 e. The Bertz CT molecular complexity index is 1600. The first kappa shape index (κ1) is 26.8. The van der Waals surface area contributed by atoms with Gasteiger partial charge in [0.25, 0.3) is 5.91 Å². The molecule has 0 N–H and O–H groups in total. The molecule has 1 aliphatic rings. The van der Waals surface area contributed by atoms with Gasteiger partial charge in [-0.2, -0.15) is 13.2 Å². The topological polar surface area (TPSA) is 83.5 Å². The fourth-order valence-electron chi connectivity index (χ4n) is 4.73. The van der Waals surface area contributed by atoms with E-state index in [0.29, 0.717) is 42.8 Å². The Hall–Kier alpha value is -3.83. The predicted octanol–water partition coefficient (Wildman–Crippen LogP) is 4.58. The van der Waals surface area contributed by atoms with Crippen LogP contribution in [0.2, 0.25) is 0 Å². The Morgan fingerprint density at radius 1 is 0.897 bits per heavy atom. The van der Waals surface area contributed by atoms with Gasteiger partial charge in [0.05, 0.1) is 21.7 Å². The van der Waals surface area contributed by atoms with Crippen molar-refractivity contribution >= 4 is 26.6 Å². The van der Waals surface area contributed by atoms with Crippen LogP contribution in [0.25, 0.3) is 10.9 Å². The quantitative estimate of drug-likeness (QED) is 0.347. The summed E-state index contributed by atoms with van der Waals surface area (Å²) in [6, 6.07) is 16.0. The Labute approximate surface area is 223 Å². The highest BCUT2D eigenvalue weighted by Gasteiger charge is 2.34. The molecule has 0 spiro atoms.